The number of ether oxygens (including phenoxy) is 7. The van der Waals surface area contributed by atoms with Gasteiger partial charge < -0.3 is 43.2 Å². The Bertz CT molecular complexity index is 1590. The Morgan fingerprint density at radius 3 is 2.32 bits per heavy atom. The Morgan fingerprint density at radius 1 is 0.980 bits per heavy atom. The van der Waals surface area contributed by atoms with Crippen LogP contribution in [0, 0.1) is 0 Å². The van der Waals surface area contributed by atoms with Crippen LogP contribution in [0.5, 0.6) is 11.5 Å². The molecule has 0 saturated carbocycles. The van der Waals surface area contributed by atoms with E-state index in [4.69, 9.17) is 33.2 Å². The number of piperidine rings is 1. The number of rotatable bonds is 10. The van der Waals surface area contributed by atoms with Crippen LogP contribution in [0.2, 0.25) is 0 Å². The summed E-state index contributed by atoms with van der Waals surface area (Å²) in [5, 5.41) is 12.5. The molecule has 1 saturated heterocycles. The predicted octanol–water partition coefficient (Wildman–Crippen LogP) is 3.81. The van der Waals surface area contributed by atoms with Crippen molar-refractivity contribution in [2.45, 2.75) is 127 Å². The third-order valence-electron chi connectivity index (χ3n) is 9.29. The Hall–Kier alpha value is -4.17. The molecule has 50 heavy (non-hydrogen) atoms. The van der Waals surface area contributed by atoms with E-state index < -0.39 is 77.3 Å². The highest BCUT2D eigenvalue weighted by Crippen LogP contribution is 2.65. The van der Waals surface area contributed by atoms with E-state index in [1.54, 1.807) is 60.6 Å². The number of carbonyl (C=O) groups excluding carboxylic acids is 5. The molecule has 1 aromatic carbocycles. The fourth-order valence-corrected chi connectivity index (χ4v) is 7.41. The number of benzene rings is 1. The van der Waals surface area contributed by atoms with Crippen LogP contribution >= 0.6 is 0 Å². The van der Waals surface area contributed by atoms with Gasteiger partial charge in [-0.15, -0.1) is 0 Å². The average Bonchev–Trinajstić information content (AvgIpc) is 3.34. The minimum absolute atomic E-state index is 0.0270. The molecule has 4 aliphatic rings. The van der Waals surface area contributed by atoms with Crippen LogP contribution in [-0.2, 0) is 54.7 Å². The Kier molecular flexibility index (Phi) is 10.0. The number of hydrogen-bond donors (Lipinski definition) is 1. The van der Waals surface area contributed by atoms with Crippen molar-refractivity contribution in [3.63, 3.8) is 0 Å². The lowest BCUT2D eigenvalue weighted by Crippen LogP contribution is -2.74. The number of nitrogens with zero attached hydrogens (tertiary/aromatic N) is 1. The van der Waals surface area contributed by atoms with E-state index in [1.807, 2.05) is 13.1 Å². The molecule has 1 fully saturated rings. The van der Waals surface area contributed by atoms with Crippen LogP contribution in [0.25, 0.3) is 0 Å². The quantitative estimate of drug-likeness (QED) is 0.212. The summed E-state index contributed by atoms with van der Waals surface area (Å²) in [5.74, 6) is -3.04. The highest BCUT2D eigenvalue weighted by molar-refractivity contribution is 5.86. The molecule has 14 nitrogen and oxygen atoms in total. The average molecular weight is 702 g/mol. The summed E-state index contributed by atoms with van der Waals surface area (Å²) in [7, 11) is 1.95. The summed E-state index contributed by atoms with van der Waals surface area (Å²) in [4.78, 5) is 66.0. The van der Waals surface area contributed by atoms with Gasteiger partial charge in [0.25, 0.3) is 0 Å². The van der Waals surface area contributed by atoms with Crippen LogP contribution in [0.1, 0.15) is 91.7 Å². The summed E-state index contributed by atoms with van der Waals surface area (Å²) in [6, 6.07) is 3.16. The zero-order chi connectivity index (χ0) is 36.8. The fraction of sp³-hybridized carbons (Fsp3) is 0.639. The second kappa shape index (κ2) is 13.5. The SMILES string of the molecule is CCOC(=O)CC(OC(=O)CCC(=O)OC(C)(C)C)C(=O)OC1=CC[C@@]2(O)[C@H]3Cc4ccc(OC(=O)OC(C)(C)C)c5c4[C@@]2(CCN3C)[C@H]1O5. The van der Waals surface area contributed by atoms with Gasteiger partial charge in [0.15, 0.2) is 17.6 Å². The van der Waals surface area contributed by atoms with Gasteiger partial charge >= 0.3 is 30.0 Å². The van der Waals surface area contributed by atoms with Crippen molar-refractivity contribution in [1.82, 2.24) is 4.90 Å². The van der Waals surface area contributed by atoms with Crippen LogP contribution in [-0.4, -0.2) is 95.3 Å². The van der Waals surface area contributed by atoms with Gasteiger partial charge in [-0.1, -0.05) is 6.07 Å². The molecule has 14 heteroatoms. The Morgan fingerprint density at radius 2 is 1.66 bits per heavy atom. The molecular formula is C36H47NO13. The van der Waals surface area contributed by atoms with Crippen molar-refractivity contribution in [3.05, 3.63) is 35.1 Å². The minimum atomic E-state index is -1.71. The molecule has 1 N–H and O–H groups in total. The highest BCUT2D eigenvalue weighted by Gasteiger charge is 2.72. The lowest BCUT2D eigenvalue weighted by Gasteiger charge is -2.61. The van der Waals surface area contributed by atoms with E-state index in [-0.39, 0.29) is 42.7 Å². The van der Waals surface area contributed by atoms with Crippen molar-refractivity contribution in [2.24, 2.45) is 0 Å². The van der Waals surface area contributed by atoms with Crippen molar-refractivity contribution in [2.75, 3.05) is 20.2 Å². The van der Waals surface area contributed by atoms with Gasteiger partial charge in [0, 0.05) is 18.0 Å². The van der Waals surface area contributed by atoms with E-state index in [2.05, 4.69) is 4.90 Å². The smallest absolute Gasteiger partial charge is 0.477 e. The predicted molar refractivity (Wildman–Crippen MR) is 174 cm³/mol. The Balaban J connectivity index is 1.43. The van der Waals surface area contributed by atoms with Crippen molar-refractivity contribution < 1.29 is 62.2 Å². The second-order valence-corrected chi connectivity index (χ2v) is 15.1. The van der Waals surface area contributed by atoms with E-state index >= 15 is 0 Å². The largest absolute Gasteiger partial charge is 0.514 e. The van der Waals surface area contributed by atoms with E-state index in [1.165, 1.54) is 0 Å². The molecule has 1 unspecified atom stereocenters. The first-order valence-corrected chi connectivity index (χ1v) is 16.9. The first kappa shape index (κ1) is 37.1. The summed E-state index contributed by atoms with van der Waals surface area (Å²) in [5.41, 5.74) is -2.44. The molecule has 0 aromatic heterocycles. The van der Waals surface area contributed by atoms with Crippen LogP contribution in [0.4, 0.5) is 4.79 Å². The summed E-state index contributed by atoms with van der Waals surface area (Å²) in [6.45, 7) is 12.4. The third kappa shape index (κ3) is 7.18. The molecule has 2 bridgehead atoms. The summed E-state index contributed by atoms with van der Waals surface area (Å²) >= 11 is 0. The first-order valence-electron chi connectivity index (χ1n) is 16.9. The molecule has 0 radical (unpaired) electrons. The number of hydrogen-bond acceptors (Lipinski definition) is 14. The van der Waals surface area contributed by atoms with Crippen LogP contribution < -0.4 is 9.47 Å². The lowest BCUT2D eigenvalue weighted by molar-refractivity contribution is -0.178. The Labute approximate surface area is 291 Å². The topological polar surface area (TPSA) is 173 Å². The van der Waals surface area contributed by atoms with E-state index in [9.17, 15) is 29.1 Å². The molecule has 1 aromatic rings. The van der Waals surface area contributed by atoms with Crippen molar-refractivity contribution >= 4 is 30.0 Å². The van der Waals surface area contributed by atoms with Crippen LogP contribution in [0.3, 0.4) is 0 Å². The van der Waals surface area contributed by atoms with Gasteiger partial charge in [0.2, 0.25) is 6.10 Å². The van der Waals surface area contributed by atoms with Gasteiger partial charge in [-0.05, 0) is 92.6 Å². The molecule has 2 heterocycles. The zero-order valence-electron chi connectivity index (χ0n) is 29.9. The van der Waals surface area contributed by atoms with E-state index in [0.717, 1.165) is 5.56 Å². The third-order valence-corrected chi connectivity index (χ3v) is 9.29. The van der Waals surface area contributed by atoms with Gasteiger partial charge in [-0.25, -0.2) is 9.59 Å². The molecule has 1 spiro atoms. The number of aliphatic hydroxyl groups is 1. The van der Waals surface area contributed by atoms with Gasteiger partial charge in [0.05, 0.1) is 36.9 Å². The molecule has 2 aliphatic heterocycles. The maximum Gasteiger partial charge on any atom is 0.514 e. The number of esters is 4. The fourth-order valence-electron chi connectivity index (χ4n) is 7.41. The number of carbonyl (C=O) groups is 5. The molecule has 274 valence electrons. The normalized spacial score (nSPS) is 25.6. The minimum Gasteiger partial charge on any atom is -0.477 e. The van der Waals surface area contributed by atoms with Crippen molar-refractivity contribution in [3.8, 4) is 11.5 Å². The summed E-state index contributed by atoms with van der Waals surface area (Å²) in [6.07, 6.45) is -2.43. The van der Waals surface area contributed by atoms with Gasteiger partial charge in [0.1, 0.15) is 17.0 Å². The van der Waals surface area contributed by atoms with Crippen LogP contribution in [0.15, 0.2) is 24.0 Å². The number of likely N-dealkylation sites (N-methyl/N-ethyl adjacent to an activating group) is 1. The maximum atomic E-state index is 13.7. The van der Waals surface area contributed by atoms with Gasteiger partial charge in [-0.2, -0.15) is 0 Å². The second-order valence-electron chi connectivity index (χ2n) is 15.1. The standard InChI is InChI=1S/C36H47NO13/c1-9-44-27(40)19-23(45-25(38)12-13-26(39)49-33(2,3)4)31(41)46-22-14-15-36(43)24-18-20-10-11-21(47-32(42)50-34(5,6)7)29-28(20)35(36,30(22)48-29)16-17-37(24)8/h10-11,14,23-24,30,43H,9,12-13,15-19H2,1-8H3/t23?,24-,30+,35+,36-/m1/s1. The first-order chi connectivity index (χ1) is 23.3. The van der Waals surface area contributed by atoms with Crippen molar-refractivity contribution in [1.29, 1.82) is 0 Å². The molecule has 2 aliphatic carbocycles. The zero-order valence-corrected chi connectivity index (χ0v) is 29.9. The maximum absolute atomic E-state index is 13.7. The monoisotopic (exact) mass is 701 g/mol. The van der Waals surface area contributed by atoms with E-state index in [0.29, 0.717) is 24.9 Å². The molecule has 0 amide bonds. The lowest BCUT2D eigenvalue weighted by atomic mass is 9.50. The summed E-state index contributed by atoms with van der Waals surface area (Å²) < 4.78 is 39.0. The number of likely N-dealkylation sites (tertiary alicyclic amines) is 1. The highest BCUT2D eigenvalue weighted by atomic mass is 16.7. The molecule has 5 rings (SSSR count). The molecular weight excluding hydrogens is 654 g/mol. The van der Waals surface area contributed by atoms with Gasteiger partial charge in [-0.3, -0.25) is 14.4 Å². The molecule has 5 atom stereocenters.